The van der Waals surface area contributed by atoms with Crippen molar-refractivity contribution < 1.29 is 5.11 Å². The molecule has 1 saturated heterocycles. The van der Waals surface area contributed by atoms with E-state index >= 15 is 0 Å². The number of β-amino-alcohol motifs (C(OH)–C–C–N with tert-alkyl or cyclic N) is 1. The van der Waals surface area contributed by atoms with Gasteiger partial charge in [-0.2, -0.15) is 0 Å². The van der Waals surface area contributed by atoms with E-state index in [4.69, 9.17) is 11.6 Å². The van der Waals surface area contributed by atoms with Crippen molar-refractivity contribution >= 4 is 11.6 Å². The molecule has 0 aromatic heterocycles. The molecule has 3 heteroatoms. The minimum atomic E-state index is -0.137. The van der Waals surface area contributed by atoms with Crippen molar-refractivity contribution in [3.8, 4) is 0 Å². The van der Waals surface area contributed by atoms with Gasteiger partial charge < -0.3 is 5.11 Å². The van der Waals surface area contributed by atoms with Gasteiger partial charge >= 0.3 is 0 Å². The molecule has 2 nitrogen and oxygen atoms in total. The van der Waals surface area contributed by atoms with Crippen LogP contribution in [-0.2, 0) is 0 Å². The van der Waals surface area contributed by atoms with Crippen molar-refractivity contribution in [2.75, 3.05) is 19.6 Å². The number of rotatable bonds is 2. The fourth-order valence-electron chi connectivity index (χ4n) is 1.56. The van der Waals surface area contributed by atoms with Crippen molar-refractivity contribution in [1.82, 2.24) is 4.90 Å². The summed E-state index contributed by atoms with van der Waals surface area (Å²) in [5, 5.41) is 9.37. The van der Waals surface area contributed by atoms with Gasteiger partial charge in [0.15, 0.2) is 0 Å². The molecule has 70 valence electrons. The molecule has 1 heterocycles. The van der Waals surface area contributed by atoms with Crippen LogP contribution < -0.4 is 0 Å². The van der Waals surface area contributed by atoms with Gasteiger partial charge in [0.05, 0.1) is 6.10 Å². The van der Waals surface area contributed by atoms with Crippen LogP contribution in [0.15, 0.2) is 11.1 Å². The van der Waals surface area contributed by atoms with Crippen LogP contribution >= 0.6 is 11.6 Å². The van der Waals surface area contributed by atoms with Gasteiger partial charge in [0.25, 0.3) is 0 Å². The predicted octanol–water partition coefficient (Wildman–Crippen LogP) is 1.59. The zero-order valence-electron chi connectivity index (χ0n) is 7.46. The van der Waals surface area contributed by atoms with E-state index in [0.717, 1.165) is 38.0 Å². The zero-order valence-corrected chi connectivity index (χ0v) is 8.22. The van der Waals surface area contributed by atoms with Crippen molar-refractivity contribution in [3.05, 3.63) is 11.1 Å². The highest BCUT2D eigenvalue weighted by molar-refractivity contribution is 6.25. The summed E-state index contributed by atoms with van der Waals surface area (Å²) in [5.74, 6) is 0. The molecule has 0 bridgehead atoms. The molecule has 0 saturated carbocycles. The van der Waals surface area contributed by atoms with Gasteiger partial charge in [0.1, 0.15) is 0 Å². The third-order valence-corrected chi connectivity index (χ3v) is 2.51. The Labute approximate surface area is 78.8 Å². The van der Waals surface area contributed by atoms with E-state index in [-0.39, 0.29) is 6.10 Å². The Morgan fingerprint density at radius 3 is 3.08 bits per heavy atom. The second-order valence-electron chi connectivity index (χ2n) is 3.49. The minimum Gasteiger partial charge on any atom is -0.392 e. The molecule has 0 aliphatic carbocycles. The minimum absolute atomic E-state index is 0.137. The Bertz CT molecular complexity index is 170. The number of halogens is 1. The number of aliphatic hydroxyl groups excluding tert-OH is 1. The molecular weight excluding hydrogens is 174 g/mol. The summed E-state index contributed by atoms with van der Waals surface area (Å²) in [5.41, 5.74) is 2.77. The van der Waals surface area contributed by atoms with Crippen LogP contribution in [0.1, 0.15) is 19.8 Å². The number of piperidine rings is 1. The van der Waals surface area contributed by atoms with E-state index in [1.165, 1.54) is 0 Å². The third-order valence-electron chi connectivity index (χ3n) is 2.14. The van der Waals surface area contributed by atoms with E-state index < -0.39 is 0 Å². The van der Waals surface area contributed by atoms with Gasteiger partial charge in [-0.15, -0.1) is 0 Å². The standard InChI is InChI=1S/C9H16ClNO/c1-8(5-10)6-11-4-2-3-9(12)7-11/h5,9,12H,2-4,6-7H2,1H3/t9-/m0/s1. The third kappa shape index (κ3) is 3.13. The van der Waals surface area contributed by atoms with Gasteiger partial charge in [0, 0.05) is 18.6 Å². The molecule has 1 aliphatic rings. The fourth-order valence-corrected chi connectivity index (χ4v) is 1.63. The first-order valence-corrected chi connectivity index (χ1v) is 4.82. The van der Waals surface area contributed by atoms with Gasteiger partial charge in [-0.1, -0.05) is 11.6 Å². The topological polar surface area (TPSA) is 23.5 Å². The second-order valence-corrected chi connectivity index (χ2v) is 3.70. The van der Waals surface area contributed by atoms with Gasteiger partial charge in [0.2, 0.25) is 0 Å². The molecule has 0 unspecified atom stereocenters. The Hall–Kier alpha value is -0.0500. The van der Waals surface area contributed by atoms with Crippen LogP contribution in [0.25, 0.3) is 0 Å². The Kier molecular flexibility index (Phi) is 4.06. The molecule has 0 amide bonds. The Morgan fingerprint density at radius 1 is 1.75 bits per heavy atom. The lowest BCUT2D eigenvalue weighted by Crippen LogP contribution is -2.38. The summed E-state index contributed by atoms with van der Waals surface area (Å²) >= 11 is 5.56. The molecule has 1 N–H and O–H groups in total. The molecule has 12 heavy (non-hydrogen) atoms. The van der Waals surface area contributed by atoms with Crippen LogP contribution in [0.4, 0.5) is 0 Å². The number of nitrogens with zero attached hydrogens (tertiary/aromatic N) is 1. The molecule has 1 aliphatic heterocycles. The van der Waals surface area contributed by atoms with E-state index in [1.54, 1.807) is 5.54 Å². The van der Waals surface area contributed by atoms with Crippen LogP contribution in [0, 0.1) is 0 Å². The normalized spacial score (nSPS) is 27.6. The molecule has 0 aromatic rings. The Morgan fingerprint density at radius 2 is 2.50 bits per heavy atom. The number of hydrogen-bond donors (Lipinski definition) is 1. The second kappa shape index (κ2) is 4.85. The van der Waals surface area contributed by atoms with E-state index in [0.29, 0.717) is 0 Å². The van der Waals surface area contributed by atoms with Gasteiger partial charge in [-0.25, -0.2) is 0 Å². The Balaban J connectivity index is 2.32. The lowest BCUT2D eigenvalue weighted by Gasteiger charge is -2.29. The summed E-state index contributed by atoms with van der Waals surface area (Å²) in [6, 6.07) is 0. The van der Waals surface area contributed by atoms with Gasteiger partial charge in [-0.3, -0.25) is 4.90 Å². The molecule has 1 rings (SSSR count). The maximum atomic E-state index is 9.37. The largest absolute Gasteiger partial charge is 0.392 e. The first-order chi connectivity index (χ1) is 5.72. The van der Waals surface area contributed by atoms with Crippen molar-refractivity contribution in [2.24, 2.45) is 0 Å². The SMILES string of the molecule is CC(=CCl)CN1CCC[C@H](O)C1. The maximum Gasteiger partial charge on any atom is 0.0667 e. The molecular formula is C9H16ClNO. The lowest BCUT2D eigenvalue weighted by atomic mass is 10.1. The number of likely N-dealkylation sites (tertiary alicyclic amines) is 1. The smallest absolute Gasteiger partial charge is 0.0667 e. The molecule has 0 aromatic carbocycles. The highest BCUT2D eigenvalue weighted by Gasteiger charge is 2.16. The van der Waals surface area contributed by atoms with E-state index in [1.807, 2.05) is 6.92 Å². The first kappa shape index (κ1) is 10.0. The summed E-state index contributed by atoms with van der Waals surface area (Å²) in [6.45, 7) is 4.77. The van der Waals surface area contributed by atoms with Crippen molar-refractivity contribution in [2.45, 2.75) is 25.9 Å². The van der Waals surface area contributed by atoms with Crippen molar-refractivity contribution in [1.29, 1.82) is 0 Å². The summed E-state index contributed by atoms with van der Waals surface area (Å²) in [6.07, 6.45) is 1.90. The van der Waals surface area contributed by atoms with Crippen LogP contribution in [0.3, 0.4) is 0 Å². The van der Waals surface area contributed by atoms with E-state index in [9.17, 15) is 5.11 Å². The maximum absolute atomic E-state index is 9.37. The predicted molar refractivity (Wildman–Crippen MR) is 51.3 cm³/mol. The molecule has 0 spiro atoms. The number of hydrogen-bond acceptors (Lipinski definition) is 2. The molecule has 1 fully saturated rings. The molecule has 0 radical (unpaired) electrons. The number of aliphatic hydroxyl groups is 1. The van der Waals surface area contributed by atoms with Gasteiger partial charge in [-0.05, 0) is 31.9 Å². The first-order valence-electron chi connectivity index (χ1n) is 4.38. The van der Waals surface area contributed by atoms with E-state index in [2.05, 4.69) is 4.90 Å². The van der Waals surface area contributed by atoms with Crippen LogP contribution in [0.5, 0.6) is 0 Å². The van der Waals surface area contributed by atoms with Crippen LogP contribution in [-0.4, -0.2) is 35.7 Å². The zero-order chi connectivity index (χ0) is 8.97. The summed E-state index contributed by atoms with van der Waals surface area (Å²) in [4.78, 5) is 2.24. The average molecular weight is 190 g/mol. The quantitative estimate of drug-likeness (QED) is 0.713. The highest BCUT2D eigenvalue weighted by atomic mass is 35.5. The summed E-state index contributed by atoms with van der Waals surface area (Å²) in [7, 11) is 0. The summed E-state index contributed by atoms with van der Waals surface area (Å²) < 4.78 is 0. The average Bonchev–Trinajstić information content (AvgIpc) is 2.04. The highest BCUT2D eigenvalue weighted by Crippen LogP contribution is 2.11. The fraction of sp³-hybridized carbons (Fsp3) is 0.778. The lowest BCUT2D eigenvalue weighted by molar-refractivity contribution is 0.0758. The molecule has 1 atom stereocenters. The van der Waals surface area contributed by atoms with Crippen LogP contribution in [0.2, 0.25) is 0 Å². The monoisotopic (exact) mass is 189 g/mol. The van der Waals surface area contributed by atoms with Crippen molar-refractivity contribution in [3.63, 3.8) is 0 Å².